The molecular formula is C15H25ClN2S. The van der Waals surface area contributed by atoms with E-state index >= 15 is 0 Å². The van der Waals surface area contributed by atoms with Gasteiger partial charge in [0, 0.05) is 22.7 Å². The van der Waals surface area contributed by atoms with Gasteiger partial charge in [-0.2, -0.15) is 0 Å². The topological polar surface area (TPSA) is 24.9 Å². The monoisotopic (exact) mass is 300 g/mol. The van der Waals surface area contributed by atoms with Gasteiger partial charge in [0.15, 0.2) is 0 Å². The van der Waals surface area contributed by atoms with Gasteiger partial charge in [-0.15, -0.1) is 22.9 Å². The van der Waals surface area contributed by atoms with Crippen LogP contribution in [0.3, 0.4) is 0 Å². The number of aromatic nitrogens is 1. The smallest absolute Gasteiger partial charge is 0.107 e. The van der Waals surface area contributed by atoms with Gasteiger partial charge >= 0.3 is 0 Å². The Morgan fingerprint density at radius 1 is 1.42 bits per heavy atom. The SMILES string of the molecule is CC(C)(C)c1csc(CNCC2CCCC(Cl)C2)n1. The fraction of sp³-hybridized carbons (Fsp3) is 0.800. The lowest BCUT2D eigenvalue weighted by Crippen LogP contribution is -2.27. The summed E-state index contributed by atoms with van der Waals surface area (Å²) in [4.78, 5) is 4.71. The van der Waals surface area contributed by atoms with Crippen LogP contribution in [-0.2, 0) is 12.0 Å². The molecule has 0 aliphatic heterocycles. The number of halogens is 1. The van der Waals surface area contributed by atoms with Crippen LogP contribution in [-0.4, -0.2) is 16.9 Å². The number of nitrogens with one attached hydrogen (secondary N) is 1. The lowest BCUT2D eigenvalue weighted by Gasteiger charge is -2.25. The van der Waals surface area contributed by atoms with Gasteiger partial charge in [0.05, 0.1) is 5.69 Å². The van der Waals surface area contributed by atoms with Gasteiger partial charge in [-0.3, -0.25) is 0 Å². The number of thiazole rings is 1. The van der Waals surface area contributed by atoms with Crippen molar-refractivity contribution in [2.45, 2.75) is 63.8 Å². The quantitative estimate of drug-likeness (QED) is 0.837. The third-order valence-electron chi connectivity index (χ3n) is 3.75. The van der Waals surface area contributed by atoms with Gasteiger partial charge in [0.25, 0.3) is 0 Å². The molecule has 1 heterocycles. The van der Waals surface area contributed by atoms with Crippen molar-refractivity contribution in [1.29, 1.82) is 0 Å². The molecule has 2 nitrogen and oxygen atoms in total. The van der Waals surface area contributed by atoms with Crippen molar-refractivity contribution in [2.24, 2.45) is 5.92 Å². The van der Waals surface area contributed by atoms with Crippen LogP contribution >= 0.6 is 22.9 Å². The molecule has 0 spiro atoms. The number of hydrogen-bond acceptors (Lipinski definition) is 3. The van der Waals surface area contributed by atoms with Crippen LogP contribution in [0.2, 0.25) is 0 Å². The van der Waals surface area contributed by atoms with Crippen LogP contribution in [0.15, 0.2) is 5.38 Å². The Morgan fingerprint density at radius 3 is 2.84 bits per heavy atom. The normalized spacial score (nSPS) is 24.6. The molecule has 0 aromatic carbocycles. The van der Waals surface area contributed by atoms with E-state index in [0.717, 1.165) is 19.0 Å². The highest BCUT2D eigenvalue weighted by atomic mass is 35.5. The molecule has 1 N–H and O–H groups in total. The van der Waals surface area contributed by atoms with Gasteiger partial charge in [0.2, 0.25) is 0 Å². The Kier molecular flexibility index (Phi) is 5.27. The Bertz CT molecular complexity index is 397. The molecule has 1 saturated carbocycles. The second-order valence-electron chi connectivity index (χ2n) is 6.64. The first-order valence-electron chi connectivity index (χ1n) is 7.25. The van der Waals surface area contributed by atoms with Crippen molar-refractivity contribution in [2.75, 3.05) is 6.54 Å². The summed E-state index contributed by atoms with van der Waals surface area (Å²) in [6.07, 6.45) is 4.96. The third kappa shape index (κ3) is 4.73. The molecule has 0 amide bonds. The largest absolute Gasteiger partial charge is 0.310 e. The molecule has 2 unspecified atom stereocenters. The van der Waals surface area contributed by atoms with Gasteiger partial charge < -0.3 is 5.32 Å². The predicted molar refractivity (Wildman–Crippen MR) is 84.1 cm³/mol. The average Bonchev–Trinajstić information content (AvgIpc) is 2.77. The Morgan fingerprint density at radius 2 is 2.21 bits per heavy atom. The standard InChI is InChI=1S/C15H25ClN2S/c1-15(2,3)13-10-19-14(18-13)9-17-8-11-5-4-6-12(16)7-11/h10-12,17H,4-9H2,1-3H3. The highest BCUT2D eigenvalue weighted by Gasteiger charge is 2.20. The summed E-state index contributed by atoms with van der Waals surface area (Å²) in [7, 11) is 0. The summed E-state index contributed by atoms with van der Waals surface area (Å²) in [5.74, 6) is 0.748. The van der Waals surface area contributed by atoms with Gasteiger partial charge in [-0.05, 0) is 31.7 Å². The highest BCUT2D eigenvalue weighted by Crippen LogP contribution is 2.27. The van der Waals surface area contributed by atoms with Crippen molar-refractivity contribution in [3.8, 4) is 0 Å². The molecule has 2 atom stereocenters. The summed E-state index contributed by atoms with van der Waals surface area (Å²) in [5.41, 5.74) is 1.36. The van der Waals surface area contributed by atoms with Crippen molar-refractivity contribution in [3.05, 3.63) is 16.1 Å². The minimum Gasteiger partial charge on any atom is -0.310 e. The van der Waals surface area contributed by atoms with E-state index in [-0.39, 0.29) is 5.41 Å². The molecule has 2 rings (SSSR count). The minimum atomic E-state index is 0.157. The van der Waals surface area contributed by atoms with E-state index in [4.69, 9.17) is 16.6 Å². The zero-order valence-electron chi connectivity index (χ0n) is 12.2. The second-order valence-corrected chi connectivity index (χ2v) is 8.20. The predicted octanol–water partition coefficient (Wildman–Crippen LogP) is 4.33. The highest BCUT2D eigenvalue weighted by molar-refractivity contribution is 7.09. The number of rotatable bonds is 4. The fourth-order valence-electron chi connectivity index (χ4n) is 2.53. The van der Waals surface area contributed by atoms with Gasteiger partial charge in [0.1, 0.15) is 5.01 Å². The Labute approximate surface area is 126 Å². The number of nitrogens with zero attached hydrogens (tertiary/aromatic N) is 1. The zero-order valence-corrected chi connectivity index (χ0v) is 13.8. The first kappa shape index (κ1) is 15.3. The van der Waals surface area contributed by atoms with Crippen LogP contribution in [0, 0.1) is 5.92 Å². The lowest BCUT2D eigenvalue weighted by atomic mass is 9.89. The molecule has 1 aromatic rings. The van der Waals surface area contributed by atoms with Crippen LogP contribution in [0.5, 0.6) is 0 Å². The van der Waals surface area contributed by atoms with Gasteiger partial charge in [-0.1, -0.05) is 27.2 Å². The van der Waals surface area contributed by atoms with Crippen LogP contribution in [0.25, 0.3) is 0 Å². The Hall–Kier alpha value is -0.120. The van der Waals surface area contributed by atoms with Gasteiger partial charge in [-0.25, -0.2) is 4.98 Å². The molecule has 1 aliphatic carbocycles. The van der Waals surface area contributed by atoms with E-state index in [2.05, 4.69) is 31.5 Å². The second kappa shape index (κ2) is 6.55. The van der Waals surface area contributed by atoms with Crippen LogP contribution in [0.4, 0.5) is 0 Å². The van der Waals surface area contributed by atoms with Crippen LogP contribution < -0.4 is 5.32 Å². The maximum absolute atomic E-state index is 6.22. The van der Waals surface area contributed by atoms with Crippen molar-refractivity contribution >= 4 is 22.9 Å². The average molecular weight is 301 g/mol. The van der Waals surface area contributed by atoms with E-state index in [0.29, 0.717) is 5.38 Å². The van der Waals surface area contributed by atoms with E-state index < -0.39 is 0 Å². The minimum absolute atomic E-state index is 0.157. The summed E-state index contributed by atoms with van der Waals surface area (Å²) in [6.45, 7) is 8.60. The molecule has 1 fully saturated rings. The molecule has 19 heavy (non-hydrogen) atoms. The molecule has 1 aromatic heterocycles. The summed E-state index contributed by atoms with van der Waals surface area (Å²) < 4.78 is 0. The first-order chi connectivity index (χ1) is 8.95. The number of hydrogen-bond donors (Lipinski definition) is 1. The molecule has 0 bridgehead atoms. The summed E-state index contributed by atoms with van der Waals surface area (Å²) in [6, 6.07) is 0. The molecule has 4 heteroatoms. The van der Waals surface area contributed by atoms with E-state index in [1.54, 1.807) is 11.3 Å². The molecule has 108 valence electrons. The fourth-order valence-corrected chi connectivity index (χ4v) is 3.93. The molecule has 1 aliphatic rings. The summed E-state index contributed by atoms with van der Waals surface area (Å²) >= 11 is 7.99. The Balaban J connectivity index is 1.75. The summed E-state index contributed by atoms with van der Waals surface area (Å²) in [5, 5.41) is 7.33. The van der Waals surface area contributed by atoms with Crippen molar-refractivity contribution in [3.63, 3.8) is 0 Å². The first-order valence-corrected chi connectivity index (χ1v) is 8.56. The third-order valence-corrected chi connectivity index (χ3v) is 4.99. The van der Waals surface area contributed by atoms with Crippen LogP contribution in [0.1, 0.15) is 57.2 Å². The maximum atomic E-state index is 6.22. The maximum Gasteiger partial charge on any atom is 0.107 e. The number of alkyl halides is 1. The van der Waals surface area contributed by atoms with E-state index in [1.165, 1.54) is 36.4 Å². The molecule has 0 radical (unpaired) electrons. The zero-order chi connectivity index (χ0) is 13.9. The van der Waals surface area contributed by atoms with Crippen molar-refractivity contribution < 1.29 is 0 Å². The molecular weight excluding hydrogens is 276 g/mol. The van der Waals surface area contributed by atoms with E-state index in [9.17, 15) is 0 Å². The lowest BCUT2D eigenvalue weighted by molar-refractivity contribution is 0.346. The molecule has 0 saturated heterocycles. The van der Waals surface area contributed by atoms with E-state index in [1.807, 2.05) is 0 Å². The van der Waals surface area contributed by atoms with Crippen molar-refractivity contribution in [1.82, 2.24) is 10.3 Å².